The number of carbonyl (C=O) groups is 1. The number of hydrogen-bond acceptors (Lipinski definition) is 3. The van der Waals surface area contributed by atoms with Crippen molar-refractivity contribution in [1.29, 1.82) is 0 Å². The van der Waals surface area contributed by atoms with Gasteiger partial charge in [0.15, 0.2) is 0 Å². The van der Waals surface area contributed by atoms with Crippen LogP contribution in [0.15, 0.2) is 42.6 Å². The van der Waals surface area contributed by atoms with E-state index in [1.165, 1.54) is 0 Å². The Morgan fingerprint density at radius 1 is 1.00 bits per heavy atom. The van der Waals surface area contributed by atoms with Crippen molar-refractivity contribution in [3.05, 3.63) is 59.3 Å². The van der Waals surface area contributed by atoms with Crippen LogP contribution >= 0.6 is 0 Å². The minimum absolute atomic E-state index is 0.0522. The van der Waals surface area contributed by atoms with E-state index in [0.29, 0.717) is 18.7 Å². The SMILES string of the molecule is Cc1ccc(C(=O)NCCNc2ccc(C)cn2)cc1. The molecule has 4 nitrogen and oxygen atoms in total. The number of aryl methyl sites for hydroxylation is 2. The van der Waals surface area contributed by atoms with Crippen molar-refractivity contribution in [3.63, 3.8) is 0 Å². The third kappa shape index (κ3) is 4.09. The summed E-state index contributed by atoms with van der Waals surface area (Å²) >= 11 is 0. The van der Waals surface area contributed by atoms with E-state index < -0.39 is 0 Å². The van der Waals surface area contributed by atoms with Gasteiger partial charge in [-0.2, -0.15) is 0 Å². The van der Waals surface area contributed by atoms with Crippen LogP contribution in [-0.4, -0.2) is 24.0 Å². The lowest BCUT2D eigenvalue weighted by atomic mass is 10.1. The fraction of sp³-hybridized carbons (Fsp3) is 0.250. The van der Waals surface area contributed by atoms with Gasteiger partial charge in [-0.3, -0.25) is 4.79 Å². The second-order valence-electron chi connectivity index (χ2n) is 4.77. The first-order chi connectivity index (χ1) is 9.65. The van der Waals surface area contributed by atoms with E-state index in [2.05, 4.69) is 15.6 Å². The fourth-order valence-electron chi connectivity index (χ4n) is 1.75. The zero-order valence-electron chi connectivity index (χ0n) is 11.8. The summed E-state index contributed by atoms with van der Waals surface area (Å²) < 4.78 is 0. The molecule has 0 aliphatic heterocycles. The number of nitrogens with one attached hydrogen (secondary N) is 2. The molecule has 0 aliphatic rings. The Hall–Kier alpha value is -2.36. The van der Waals surface area contributed by atoms with Crippen LogP contribution < -0.4 is 10.6 Å². The zero-order chi connectivity index (χ0) is 14.4. The molecule has 1 heterocycles. The number of amides is 1. The van der Waals surface area contributed by atoms with Crippen LogP contribution in [0, 0.1) is 13.8 Å². The number of hydrogen-bond donors (Lipinski definition) is 2. The Balaban J connectivity index is 1.74. The van der Waals surface area contributed by atoms with Crippen molar-refractivity contribution in [2.45, 2.75) is 13.8 Å². The fourth-order valence-corrected chi connectivity index (χ4v) is 1.75. The summed E-state index contributed by atoms with van der Waals surface area (Å²) in [5.74, 6) is 0.767. The molecule has 2 rings (SSSR count). The third-order valence-corrected chi connectivity index (χ3v) is 2.94. The van der Waals surface area contributed by atoms with E-state index >= 15 is 0 Å². The molecular weight excluding hydrogens is 250 g/mol. The second-order valence-corrected chi connectivity index (χ2v) is 4.77. The van der Waals surface area contributed by atoms with Gasteiger partial charge >= 0.3 is 0 Å². The monoisotopic (exact) mass is 269 g/mol. The first-order valence-corrected chi connectivity index (χ1v) is 6.66. The summed E-state index contributed by atoms with van der Waals surface area (Å²) in [5, 5.41) is 6.03. The van der Waals surface area contributed by atoms with Gasteiger partial charge in [0.1, 0.15) is 5.82 Å². The van der Waals surface area contributed by atoms with Crippen LogP contribution in [0.3, 0.4) is 0 Å². The van der Waals surface area contributed by atoms with Crippen LogP contribution in [0.25, 0.3) is 0 Å². The van der Waals surface area contributed by atoms with Crippen molar-refractivity contribution in [1.82, 2.24) is 10.3 Å². The molecule has 0 saturated carbocycles. The number of aromatic nitrogens is 1. The Kier molecular flexibility index (Phi) is 4.71. The predicted octanol–water partition coefficient (Wildman–Crippen LogP) is 2.54. The van der Waals surface area contributed by atoms with Gasteiger partial charge < -0.3 is 10.6 Å². The number of nitrogens with zero attached hydrogens (tertiary/aromatic N) is 1. The average molecular weight is 269 g/mol. The van der Waals surface area contributed by atoms with Crippen molar-refractivity contribution < 1.29 is 4.79 Å². The maximum atomic E-state index is 11.9. The smallest absolute Gasteiger partial charge is 0.251 e. The lowest BCUT2D eigenvalue weighted by molar-refractivity contribution is 0.0955. The van der Waals surface area contributed by atoms with Crippen LogP contribution in [-0.2, 0) is 0 Å². The lowest BCUT2D eigenvalue weighted by Gasteiger charge is -2.07. The first kappa shape index (κ1) is 14.1. The normalized spacial score (nSPS) is 10.1. The third-order valence-electron chi connectivity index (χ3n) is 2.94. The Morgan fingerprint density at radius 3 is 2.35 bits per heavy atom. The number of anilines is 1. The second kappa shape index (κ2) is 6.70. The van der Waals surface area contributed by atoms with Gasteiger partial charge in [-0.05, 0) is 37.6 Å². The Labute approximate surface area is 119 Å². The molecule has 4 heteroatoms. The first-order valence-electron chi connectivity index (χ1n) is 6.66. The minimum Gasteiger partial charge on any atom is -0.368 e. The highest BCUT2D eigenvalue weighted by Gasteiger charge is 2.03. The van der Waals surface area contributed by atoms with E-state index in [1.54, 1.807) is 0 Å². The summed E-state index contributed by atoms with van der Waals surface area (Å²) in [6.45, 7) is 5.20. The molecule has 0 bridgehead atoms. The average Bonchev–Trinajstić information content (AvgIpc) is 2.46. The molecule has 0 unspecified atom stereocenters. The molecule has 0 fully saturated rings. The van der Waals surface area contributed by atoms with Crippen LogP contribution in [0.2, 0.25) is 0 Å². The highest BCUT2D eigenvalue weighted by molar-refractivity contribution is 5.94. The maximum absolute atomic E-state index is 11.9. The molecular formula is C16H19N3O. The molecule has 1 aromatic carbocycles. The highest BCUT2D eigenvalue weighted by atomic mass is 16.1. The molecule has 1 aromatic heterocycles. The summed E-state index contributed by atoms with van der Waals surface area (Å²) in [7, 11) is 0. The summed E-state index contributed by atoms with van der Waals surface area (Å²) in [6.07, 6.45) is 1.81. The maximum Gasteiger partial charge on any atom is 0.251 e. The van der Waals surface area contributed by atoms with E-state index in [0.717, 1.165) is 16.9 Å². The van der Waals surface area contributed by atoms with Crippen LogP contribution in [0.1, 0.15) is 21.5 Å². The standard InChI is InChI=1S/C16H19N3O/c1-12-3-6-14(7-4-12)16(20)18-10-9-17-15-8-5-13(2)11-19-15/h3-8,11H,9-10H2,1-2H3,(H,17,19)(H,18,20). The largest absolute Gasteiger partial charge is 0.368 e. The van der Waals surface area contributed by atoms with Gasteiger partial charge in [0, 0.05) is 24.8 Å². The quantitative estimate of drug-likeness (QED) is 0.820. The molecule has 0 radical (unpaired) electrons. The van der Waals surface area contributed by atoms with Gasteiger partial charge in [0.05, 0.1) is 0 Å². The number of pyridine rings is 1. The Morgan fingerprint density at radius 2 is 1.70 bits per heavy atom. The molecule has 0 saturated heterocycles. The van der Waals surface area contributed by atoms with Gasteiger partial charge in [-0.15, -0.1) is 0 Å². The molecule has 2 N–H and O–H groups in total. The molecule has 1 amide bonds. The van der Waals surface area contributed by atoms with E-state index in [4.69, 9.17) is 0 Å². The summed E-state index contributed by atoms with van der Waals surface area (Å²) in [4.78, 5) is 16.1. The topological polar surface area (TPSA) is 54.0 Å². The summed E-state index contributed by atoms with van der Waals surface area (Å²) in [5.41, 5.74) is 2.96. The van der Waals surface area contributed by atoms with Gasteiger partial charge in [0.2, 0.25) is 0 Å². The molecule has 104 valence electrons. The molecule has 2 aromatic rings. The van der Waals surface area contributed by atoms with Crippen molar-refractivity contribution >= 4 is 11.7 Å². The van der Waals surface area contributed by atoms with Crippen molar-refractivity contribution in [2.24, 2.45) is 0 Å². The number of carbonyl (C=O) groups excluding carboxylic acids is 1. The molecule has 0 aliphatic carbocycles. The molecule has 20 heavy (non-hydrogen) atoms. The van der Waals surface area contributed by atoms with E-state index in [1.807, 2.05) is 56.4 Å². The van der Waals surface area contributed by atoms with Crippen molar-refractivity contribution in [3.8, 4) is 0 Å². The van der Waals surface area contributed by atoms with Crippen LogP contribution in [0.5, 0.6) is 0 Å². The van der Waals surface area contributed by atoms with Gasteiger partial charge in [-0.25, -0.2) is 4.98 Å². The number of benzene rings is 1. The number of rotatable bonds is 5. The molecule has 0 atom stereocenters. The van der Waals surface area contributed by atoms with Crippen LogP contribution in [0.4, 0.5) is 5.82 Å². The van der Waals surface area contributed by atoms with E-state index in [-0.39, 0.29) is 5.91 Å². The predicted molar refractivity (Wildman–Crippen MR) is 81.0 cm³/mol. The van der Waals surface area contributed by atoms with Gasteiger partial charge in [-0.1, -0.05) is 23.8 Å². The molecule has 0 spiro atoms. The zero-order valence-corrected chi connectivity index (χ0v) is 11.8. The van der Waals surface area contributed by atoms with Gasteiger partial charge in [0.25, 0.3) is 5.91 Å². The lowest BCUT2D eigenvalue weighted by Crippen LogP contribution is -2.28. The van der Waals surface area contributed by atoms with E-state index in [9.17, 15) is 4.79 Å². The summed E-state index contributed by atoms with van der Waals surface area (Å²) in [6, 6.07) is 11.5. The Bertz CT molecular complexity index is 561. The minimum atomic E-state index is -0.0522. The highest BCUT2D eigenvalue weighted by Crippen LogP contribution is 2.04. The van der Waals surface area contributed by atoms with Crippen molar-refractivity contribution in [2.75, 3.05) is 18.4 Å².